The largest absolute Gasteiger partial charge is 0.482 e. The van der Waals surface area contributed by atoms with Crippen LogP contribution in [-0.4, -0.2) is 29.5 Å². The molecular weight excluding hydrogens is 394 g/mol. The molecule has 1 spiro atoms. The molecule has 0 aromatic heterocycles. The molecule has 2 aliphatic heterocycles. The minimum absolute atomic E-state index is 0.0278. The van der Waals surface area contributed by atoms with Crippen molar-refractivity contribution in [1.82, 2.24) is 4.90 Å². The lowest BCUT2D eigenvalue weighted by molar-refractivity contribution is 0.0329. The molecule has 1 saturated heterocycles. The van der Waals surface area contributed by atoms with Gasteiger partial charge in [0.15, 0.2) is 0 Å². The van der Waals surface area contributed by atoms with Crippen molar-refractivity contribution in [3.05, 3.63) is 95.0 Å². The van der Waals surface area contributed by atoms with Gasteiger partial charge in [0.1, 0.15) is 11.4 Å². The van der Waals surface area contributed by atoms with Gasteiger partial charge in [0.2, 0.25) is 0 Å². The maximum atomic E-state index is 12.8. The molecule has 0 bridgehead atoms. The Labute approximate surface area is 181 Å². The van der Waals surface area contributed by atoms with E-state index in [-0.39, 0.29) is 11.5 Å². The molecule has 3 aromatic rings. The summed E-state index contributed by atoms with van der Waals surface area (Å²) in [5, 5.41) is 0.583. The monoisotopic (exact) mass is 415 g/mol. The number of likely N-dealkylation sites (tertiary alicyclic amines) is 1. The molecule has 0 aliphatic carbocycles. The van der Waals surface area contributed by atoms with Crippen LogP contribution in [-0.2, 0) is 0 Å². The van der Waals surface area contributed by atoms with Crippen LogP contribution in [0.4, 0.5) is 0 Å². The number of piperidine rings is 1. The summed E-state index contributed by atoms with van der Waals surface area (Å²) in [5.74, 6) is 0.937. The zero-order valence-corrected chi connectivity index (χ0v) is 17.3. The number of amides is 1. The summed E-state index contributed by atoms with van der Waals surface area (Å²) in [5.41, 5.74) is 3.77. The lowest BCUT2D eigenvalue weighted by atomic mass is 9.87. The fraction of sp³-hybridized carbons (Fsp3) is 0.192. The van der Waals surface area contributed by atoms with Gasteiger partial charge in [-0.25, -0.2) is 0 Å². The van der Waals surface area contributed by atoms with Crippen molar-refractivity contribution in [2.45, 2.75) is 18.4 Å². The maximum Gasteiger partial charge on any atom is 0.253 e. The van der Waals surface area contributed by atoms with Crippen LogP contribution in [0, 0.1) is 0 Å². The van der Waals surface area contributed by atoms with E-state index in [9.17, 15) is 4.79 Å². The van der Waals surface area contributed by atoms with Crippen molar-refractivity contribution in [1.29, 1.82) is 0 Å². The number of rotatable bonds is 2. The fourth-order valence-corrected chi connectivity index (χ4v) is 4.43. The normalized spacial score (nSPS) is 16.8. The van der Waals surface area contributed by atoms with Crippen LogP contribution in [0.15, 0.2) is 78.9 Å². The van der Waals surface area contributed by atoms with Crippen LogP contribution >= 0.6 is 11.6 Å². The Morgan fingerprint density at radius 3 is 2.47 bits per heavy atom. The second-order valence-electron chi connectivity index (χ2n) is 7.92. The van der Waals surface area contributed by atoms with Crippen LogP contribution in [0.5, 0.6) is 5.75 Å². The average molecular weight is 416 g/mol. The molecule has 0 saturated carbocycles. The fourth-order valence-electron chi connectivity index (χ4n) is 4.24. The van der Waals surface area contributed by atoms with Gasteiger partial charge in [-0.05, 0) is 47.5 Å². The Morgan fingerprint density at radius 1 is 0.900 bits per heavy atom. The van der Waals surface area contributed by atoms with Gasteiger partial charge < -0.3 is 9.64 Å². The topological polar surface area (TPSA) is 29.5 Å². The molecule has 0 atom stereocenters. The summed E-state index contributed by atoms with van der Waals surface area (Å²) in [6.45, 7) is 1.32. The average Bonchev–Trinajstić information content (AvgIpc) is 2.79. The molecule has 3 nitrogen and oxygen atoms in total. The molecule has 0 unspecified atom stereocenters. The lowest BCUT2D eigenvalue weighted by Crippen LogP contribution is -2.49. The van der Waals surface area contributed by atoms with Gasteiger partial charge in [0.25, 0.3) is 5.91 Å². The first-order valence-corrected chi connectivity index (χ1v) is 10.6. The highest BCUT2D eigenvalue weighted by atomic mass is 35.5. The number of nitrogens with zero attached hydrogens (tertiary/aromatic N) is 1. The summed E-state index contributed by atoms with van der Waals surface area (Å²) in [6.07, 6.45) is 5.89. The summed E-state index contributed by atoms with van der Waals surface area (Å²) in [4.78, 5) is 14.7. The Morgan fingerprint density at radius 2 is 1.70 bits per heavy atom. The Bertz CT molecular complexity index is 1110. The predicted octanol–water partition coefficient (Wildman–Crippen LogP) is 6.09. The van der Waals surface area contributed by atoms with Gasteiger partial charge in [-0.1, -0.05) is 60.1 Å². The predicted molar refractivity (Wildman–Crippen MR) is 121 cm³/mol. The van der Waals surface area contributed by atoms with Gasteiger partial charge in [-0.15, -0.1) is 0 Å². The van der Waals surface area contributed by atoms with Crippen molar-refractivity contribution in [2.24, 2.45) is 0 Å². The summed E-state index contributed by atoms with van der Waals surface area (Å²) >= 11 is 6.04. The van der Waals surface area contributed by atoms with Crippen LogP contribution in [0.3, 0.4) is 0 Å². The second-order valence-corrected chi connectivity index (χ2v) is 8.36. The van der Waals surface area contributed by atoms with Crippen molar-refractivity contribution in [3.8, 4) is 16.9 Å². The third-order valence-electron chi connectivity index (χ3n) is 5.97. The smallest absolute Gasteiger partial charge is 0.253 e. The van der Waals surface area contributed by atoms with E-state index >= 15 is 0 Å². The van der Waals surface area contributed by atoms with Gasteiger partial charge in [-0.2, -0.15) is 0 Å². The third-order valence-corrected chi connectivity index (χ3v) is 6.20. The zero-order chi connectivity index (χ0) is 20.6. The van der Waals surface area contributed by atoms with Crippen LogP contribution in [0.2, 0.25) is 5.02 Å². The molecule has 2 heterocycles. The molecular formula is C26H22ClNO2. The number of fused-ring (bicyclic) bond motifs is 1. The van der Waals surface area contributed by atoms with E-state index in [2.05, 4.69) is 54.6 Å². The van der Waals surface area contributed by atoms with E-state index in [1.165, 1.54) is 11.1 Å². The van der Waals surface area contributed by atoms with E-state index in [4.69, 9.17) is 16.3 Å². The molecule has 30 heavy (non-hydrogen) atoms. The number of carbonyl (C=O) groups is 1. The first kappa shape index (κ1) is 19.0. The summed E-state index contributed by atoms with van der Waals surface area (Å²) in [7, 11) is 0. The minimum Gasteiger partial charge on any atom is -0.482 e. The highest BCUT2D eigenvalue weighted by molar-refractivity contribution is 6.30. The summed E-state index contributed by atoms with van der Waals surface area (Å²) in [6, 6.07) is 23.8. The van der Waals surface area contributed by atoms with Gasteiger partial charge in [0.05, 0.1) is 0 Å². The molecule has 4 heteroatoms. The number of ether oxygens (including phenoxy) is 1. The number of carbonyl (C=O) groups excluding carboxylic acids is 1. The number of hydrogen-bond donors (Lipinski definition) is 0. The van der Waals surface area contributed by atoms with E-state index in [1.54, 1.807) is 12.1 Å². The minimum atomic E-state index is -0.341. The van der Waals surface area contributed by atoms with Crippen molar-refractivity contribution < 1.29 is 9.53 Å². The summed E-state index contributed by atoms with van der Waals surface area (Å²) < 4.78 is 6.46. The van der Waals surface area contributed by atoms with E-state index in [0.29, 0.717) is 23.7 Å². The molecule has 150 valence electrons. The standard InChI is InChI=1S/C26H22ClNO2/c27-23-8-4-7-22(18-23)25(29)28-15-13-26(14-16-28)12-11-21-17-20(9-10-24(21)30-26)19-5-2-1-3-6-19/h1-12,17-18H,13-16H2. The SMILES string of the molecule is O=C(c1cccc(Cl)c1)N1CCC2(C=Cc3cc(-c4ccccc4)ccc3O2)CC1. The zero-order valence-electron chi connectivity index (χ0n) is 16.6. The molecule has 3 aromatic carbocycles. The molecule has 5 rings (SSSR count). The van der Waals surface area contributed by atoms with Crippen LogP contribution < -0.4 is 4.74 Å². The van der Waals surface area contributed by atoms with Gasteiger partial charge >= 0.3 is 0 Å². The lowest BCUT2D eigenvalue weighted by Gasteiger charge is -2.42. The number of halogens is 1. The number of benzene rings is 3. The van der Waals surface area contributed by atoms with Gasteiger partial charge in [-0.3, -0.25) is 4.79 Å². The van der Waals surface area contributed by atoms with Crippen LogP contribution in [0.1, 0.15) is 28.8 Å². The van der Waals surface area contributed by atoms with Crippen molar-refractivity contribution in [2.75, 3.05) is 13.1 Å². The van der Waals surface area contributed by atoms with Crippen molar-refractivity contribution in [3.63, 3.8) is 0 Å². The first-order valence-electron chi connectivity index (χ1n) is 10.2. The quantitative estimate of drug-likeness (QED) is 0.507. The third kappa shape index (κ3) is 3.61. The van der Waals surface area contributed by atoms with Crippen LogP contribution in [0.25, 0.3) is 17.2 Å². The van der Waals surface area contributed by atoms with E-state index in [0.717, 1.165) is 24.2 Å². The number of hydrogen-bond acceptors (Lipinski definition) is 2. The highest BCUT2D eigenvalue weighted by Crippen LogP contribution is 2.39. The highest BCUT2D eigenvalue weighted by Gasteiger charge is 2.38. The molecule has 1 fully saturated rings. The molecule has 2 aliphatic rings. The molecule has 0 N–H and O–H groups in total. The molecule has 1 amide bonds. The Kier molecular flexibility index (Phi) is 4.84. The van der Waals surface area contributed by atoms with E-state index in [1.807, 2.05) is 23.1 Å². The van der Waals surface area contributed by atoms with Crippen molar-refractivity contribution >= 4 is 23.6 Å². The van der Waals surface area contributed by atoms with Gasteiger partial charge in [0, 0.05) is 42.1 Å². The van der Waals surface area contributed by atoms with E-state index < -0.39 is 0 Å². The molecule has 0 radical (unpaired) electrons. The maximum absolute atomic E-state index is 12.8. The first-order chi connectivity index (χ1) is 14.6. The Balaban J connectivity index is 1.30. The second kappa shape index (κ2) is 7.66. The Hall–Kier alpha value is -3.04.